The normalized spacial score (nSPS) is 26.7. The molecule has 5 atom stereocenters. The number of aliphatic hydroxyl groups excluding tert-OH is 1. The van der Waals surface area contributed by atoms with E-state index in [0.29, 0.717) is 23.2 Å². The Morgan fingerprint density at radius 3 is 2.08 bits per heavy atom. The zero-order valence-corrected chi connectivity index (χ0v) is 30.9. The van der Waals surface area contributed by atoms with Gasteiger partial charge in [-0.3, -0.25) is 24.1 Å². The first-order chi connectivity index (χ1) is 23.8. The molecule has 1 N–H and O–H groups in total. The van der Waals surface area contributed by atoms with Gasteiger partial charge in [-0.15, -0.1) is 23.5 Å². The highest BCUT2D eigenvalue weighted by Crippen LogP contribution is 2.65. The number of para-hydroxylation sites is 1. The molecule has 13 heteroatoms. The van der Waals surface area contributed by atoms with Crippen LogP contribution in [0.2, 0.25) is 0 Å². The third-order valence-electron chi connectivity index (χ3n) is 10.2. The molecule has 0 bridgehead atoms. The molecule has 2 amide bonds. The van der Waals surface area contributed by atoms with Crippen molar-refractivity contribution in [1.82, 2.24) is 9.80 Å². The predicted molar refractivity (Wildman–Crippen MR) is 202 cm³/mol. The van der Waals surface area contributed by atoms with E-state index in [4.69, 9.17) is 0 Å². The lowest BCUT2D eigenvalue weighted by Gasteiger charge is -2.54. The number of fused-ring (bicyclic) bond motifs is 5. The van der Waals surface area contributed by atoms with Crippen LogP contribution in [0.1, 0.15) is 69.8 Å². The summed E-state index contributed by atoms with van der Waals surface area (Å²) >= 11 is 2.15. The van der Waals surface area contributed by atoms with Gasteiger partial charge in [0.25, 0.3) is 21.8 Å². The summed E-state index contributed by atoms with van der Waals surface area (Å²) in [5.74, 6) is -1.05. The van der Waals surface area contributed by atoms with E-state index in [1.807, 2.05) is 13.0 Å². The number of Topliss-reactive ketones (excluding diaryl/α,β-unsaturated/α-hetero) is 2. The van der Waals surface area contributed by atoms with Gasteiger partial charge in [-0.1, -0.05) is 87.5 Å². The molecule has 3 aliphatic heterocycles. The Balaban J connectivity index is 0.00000504. The molecule has 3 heterocycles. The van der Waals surface area contributed by atoms with E-state index in [0.717, 1.165) is 23.5 Å². The molecule has 0 saturated carbocycles. The van der Waals surface area contributed by atoms with Crippen molar-refractivity contribution < 1.29 is 32.7 Å². The number of carbonyl (C=O) groups excluding carboxylic acids is 4. The van der Waals surface area contributed by atoms with Crippen LogP contribution in [0.3, 0.4) is 0 Å². The Morgan fingerprint density at radius 1 is 0.863 bits per heavy atom. The molecule has 6 rings (SSSR count). The molecule has 3 aromatic rings. The van der Waals surface area contributed by atoms with Crippen LogP contribution in [-0.4, -0.2) is 87.3 Å². The molecule has 3 aliphatic rings. The highest BCUT2D eigenvalue weighted by molar-refractivity contribution is 8.02. The average Bonchev–Trinajstić information content (AvgIpc) is 3.51. The smallest absolute Gasteiger partial charge is 0.266 e. The van der Waals surface area contributed by atoms with Gasteiger partial charge >= 0.3 is 0 Å². The lowest BCUT2D eigenvalue weighted by molar-refractivity contribution is -0.166. The number of ketones is 2. The van der Waals surface area contributed by atoms with Gasteiger partial charge in [-0.25, -0.2) is 12.7 Å². The summed E-state index contributed by atoms with van der Waals surface area (Å²) in [6, 6.07) is 23.6. The zero-order chi connectivity index (χ0) is 36.1. The number of benzene rings is 3. The Bertz CT molecular complexity index is 1930. The van der Waals surface area contributed by atoms with Crippen molar-refractivity contribution in [1.29, 1.82) is 0 Å². The maximum atomic E-state index is 15.3. The Kier molecular flexibility index (Phi) is 10.9. The SMILES string of the molecule is C.CCC[C@@]12c3ccccc3N(S(=O)(=O)c3ccccc3)[C@@H]1N1C(=O)[C@](C)(SCCC(C)=O)N(C)C(=O)[C@@]1(SCCC(=O)c1ccccc1)[C@H]2O. The summed E-state index contributed by atoms with van der Waals surface area (Å²) in [6.07, 6.45) is -1.92. The Labute approximate surface area is 309 Å². The fourth-order valence-electron chi connectivity index (χ4n) is 7.72. The fraction of sp³-hybridized carbons (Fsp3) is 0.421. The van der Waals surface area contributed by atoms with Gasteiger partial charge in [-0.2, -0.15) is 0 Å². The van der Waals surface area contributed by atoms with E-state index in [1.165, 1.54) is 40.2 Å². The summed E-state index contributed by atoms with van der Waals surface area (Å²) in [5.41, 5.74) is -0.0366. The van der Waals surface area contributed by atoms with Crippen LogP contribution in [0.4, 0.5) is 5.69 Å². The largest absolute Gasteiger partial charge is 0.388 e. The number of aliphatic hydroxyl groups is 1. The van der Waals surface area contributed by atoms with Crippen molar-refractivity contribution in [2.75, 3.05) is 22.9 Å². The molecular formula is C38H45N3O7S3. The first-order valence-corrected chi connectivity index (χ1v) is 20.1. The Morgan fingerprint density at radius 2 is 1.45 bits per heavy atom. The van der Waals surface area contributed by atoms with E-state index in [1.54, 1.807) is 73.7 Å². The van der Waals surface area contributed by atoms with Gasteiger partial charge < -0.3 is 10.0 Å². The minimum Gasteiger partial charge on any atom is -0.388 e. The number of piperazine rings is 1. The first-order valence-electron chi connectivity index (χ1n) is 16.6. The van der Waals surface area contributed by atoms with Gasteiger partial charge in [0.2, 0.25) is 0 Å². The fourth-order valence-corrected chi connectivity index (χ4v) is 12.2. The number of thioether (sulfide) groups is 2. The van der Waals surface area contributed by atoms with Gasteiger partial charge in [0.1, 0.15) is 18.1 Å². The van der Waals surface area contributed by atoms with Crippen molar-refractivity contribution >= 4 is 62.6 Å². The van der Waals surface area contributed by atoms with Gasteiger partial charge in [0.15, 0.2) is 15.5 Å². The maximum absolute atomic E-state index is 15.3. The molecule has 0 unspecified atom stereocenters. The van der Waals surface area contributed by atoms with Crippen molar-refractivity contribution in [3.8, 4) is 0 Å². The highest BCUT2D eigenvalue weighted by atomic mass is 32.2. The minimum absolute atomic E-state index is 0. The number of amides is 2. The molecular weight excluding hydrogens is 707 g/mol. The highest BCUT2D eigenvalue weighted by Gasteiger charge is 2.80. The number of hydrogen-bond donors (Lipinski definition) is 1. The predicted octanol–water partition coefficient (Wildman–Crippen LogP) is 5.70. The molecule has 0 radical (unpaired) electrons. The van der Waals surface area contributed by atoms with E-state index in [2.05, 4.69) is 0 Å². The second-order valence-electron chi connectivity index (χ2n) is 13.1. The molecule has 0 spiro atoms. The number of likely N-dealkylation sites (N-methyl/N-ethyl adjacent to an activating group) is 1. The third kappa shape index (κ3) is 5.80. The Hall–Kier alpha value is -3.65. The molecule has 3 aromatic carbocycles. The second-order valence-corrected chi connectivity index (χ2v) is 17.7. The van der Waals surface area contributed by atoms with Crippen LogP contribution in [0, 0.1) is 0 Å². The average molecular weight is 752 g/mol. The van der Waals surface area contributed by atoms with E-state index in [9.17, 15) is 23.1 Å². The molecule has 2 saturated heterocycles. The molecule has 0 aromatic heterocycles. The number of anilines is 1. The topological polar surface area (TPSA) is 132 Å². The van der Waals surface area contributed by atoms with Crippen LogP contribution in [0.25, 0.3) is 0 Å². The molecule has 2 fully saturated rings. The van der Waals surface area contributed by atoms with Crippen molar-refractivity contribution in [3.05, 3.63) is 96.1 Å². The summed E-state index contributed by atoms with van der Waals surface area (Å²) in [7, 11) is -2.86. The van der Waals surface area contributed by atoms with E-state index < -0.39 is 49.3 Å². The standard InChI is InChI=1S/C37H41N3O7S3.CH4/c1-5-22-36-28-18-12-13-19-29(28)40(50(46,47)27-16-10-7-11-17-27)32(36)39-33(44)35(3,48-23-20-25(2)41)38(4)34(45)37(39,31(36)43)49-24-21-30(42)26-14-8-6-9-15-26;/h6-19,31-32,43H,5,20-24H2,1-4H3;1H4/t31-,32-,35-,36-,37-;/m0./s1. The van der Waals surface area contributed by atoms with Crippen LogP contribution < -0.4 is 4.31 Å². The molecule has 272 valence electrons. The van der Waals surface area contributed by atoms with Crippen LogP contribution in [-0.2, 0) is 29.8 Å². The quantitative estimate of drug-likeness (QED) is 0.219. The second kappa shape index (κ2) is 14.4. The number of hydrogen-bond acceptors (Lipinski definition) is 9. The maximum Gasteiger partial charge on any atom is 0.266 e. The summed E-state index contributed by atoms with van der Waals surface area (Å²) in [5, 5.41) is 12.9. The zero-order valence-electron chi connectivity index (χ0n) is 28.4. The van der Waals surface area contributed by atoms with Crippen LogP contribution in [0.5, 0.6) is 0 Å². The van der Waals surface area contributed by atoms with Crippen LogP contribution >= 0.6 is 23.5 Å². The molecule has 0 aliphatic carbocycles. The lowest BCUT2D eigenvalue weighted by Crippen LogP contribution is -2.75. The monoisotopic (exact) mass is 751 g/mol. The summed E-state index contributed by atoms with van der Waals surface area (Å²) in [6.45, 7) is 4.98. The number of rotatable bonds is 13. The minimum atomic E-state index is -4.36. The molecule has 51 heavy (non-hydrogen) atoms. The van der Waals surface area contributed by atoms with Crippen molar-refractivity contribution in [2.24, 2.45) is 0 Å². The van der Waals surface area contributed by atoms with Gasteiger partial charge in [-0.05, 0) is 44.0 Å². The van der Waals surface area contributed by atoms with Gasteiger partial charge in [0, 0.05) is 37.0 Å². The number of carbonyl (C=O) groups is 4. The lowest BCUT2D eigenvalue weighted by atomic mass is 9.72. The number of nitrogens with zero attached hydrogens (tertiary/aromatic N) is 3. The van der Waals surface area contributed by atoms with Crippen LogP contribution in [0.15, 0.2) is 89.8 Å². The van der Waals surface area contributed by atoms with E-state index >= 15 is 9.59 Å². The summed E-state index contributed by atoms with van der Waals surface area (Å²) in [4.78, 5) is 54.7. The van der Waals surface area contributed by atoms with E-state index in [-0.39, 0.29) is 54.7 Å². The van der Waals surface area contributed by atoms with Crippen molar-refractivity contribution in [2.45, 2.75) is 86.2 Å². The summed E-state index contributed by atoms with van der Waals surface area (Å²) < 4.78 is 30.8. The molecule has 10 nitrogen and oxygen atoms in total. The van der Waals surface area contributed by atoms with Gasteiger partial charge in [0.05, 0.1) is 16.0 Å². The van der Waals surface area contributed by atoms with Crippen molar-refractivity contribution in [3.63, 3.8) is 0 Å². The third-order valence-corrected chi connectivity index (χ3v) is 14.8. The number of sulfonamides is 1. The first kappa shape index (κ1) is 38.6.